The van der Waals surface area contributed by atoms with Gasteiger partial charge in [-0.15, -0.1) is 0 Å². The van der Waals surface area contributed by atoms with Gasteiger partial charge in [-0.05, 0) is 36.5 Å². The van der Waals surface area contributed by atoms with Crippen molar-refractivity contribution in [3.63, 3.8) is 0 Å². The molecule has 1 heterocycles. The van der Waals surface area contributed by atoms with Crippen LogP contribution in [0.2, 0.25) is 0 Å². The number of hydrogen-bond donors (Lipinski definition) is 2. The van der Waals surface area contributed by atoms with Crippen molar-refractivity contribution in [1.29, 1.82) is 0 Å². The molecule has 0 bridgehead atoms. The highest BCUT2D eigenvalue weighted by atomic mass is 19.4. The van der Waals surface area contributed by atoms with Crippen LogP contribution in [0.4, 0.5) is 18.9 Å². The highest BCUT2D eigenvalue weighted by molar-refractivity contribution is 5.57. The molecule has 1 aliphatic carbocycles. The molecule has 116 valence electrons. The Morgan fingerprint density at radius 3 is 2.62 bits per heavy atom. The SMILES string of the molecule is NCc1ccc(N2CC3CCC(O)C3C2)c(C(F)(F)F)c1. The maximum absolute atomic E-state index is 13.3. The molecule has 1 aromatic carbocycles. The lowest BCUT2D eigenvalue weighted by Crippen LogP contribution is -2.26. The van der Waals surface area contributed by atoms with Crippen LogP contribution in [-0.2, 0) is 12.7 Å². The molecule has 2 fully saturated rings. The Morgan fingerprint density at radius 2 is 2.00 bits per heavy atom. The maximum atomic E-state index is 13.3. The number of benzene rings is 1. The van der Waals surface area contributed by atoms with Crippen LogP contribution in [0.5, 0.6) is 0 Å². The van der Waals surface area contributed by atoms with Gasteiger partial charge >= 0.3 is 6.18 Å². The van der Waals surface area contributed by atoms with Gasteiger partial charge in [0.25, 0.3) is 0 Å². The minimum atomic E-state index is -4.39. The summed E-state index contributed by atoms with van der Waals surface area (Å²) in [7, 11) is 0. The number of halogens is 3. The van der Waals surface area contributed by atoms with E-state index in [4.69, 9.17) is 5.73 Å². The Balaban J connectivity index is 1.92. The molecule has 21 heavy (non-hydrogen) atoms. The predicted octanol–water partition coefficient (Wildman–Crippen LogP) is 2.37. The van der Waals surface area contributed by atoms with Gasteiger partial charge in [0.2, 0.25) is 0 Å². The average Bonchev–Trinajstić information content (AvgIpc) is 3.00. The Hall–Kier alpha value is -1.27. The van der Waals surface area contributed by atoms with E-state index >= 15 is 0 Å². The van der Waals surface area contributed by atoms with Crippen LogP contribution in [0, 0.1) is 11.8 Å². The fraction of sp³-hybridized carbons (Fsp3) is 0.600. The van der Waals surface area contributed by atoms with Crippen LogP contribution < -0.4 is 10.6 Å². The lowest BCUT2D eigenvalue weighted by atomic mass is 10.00. The number of hydrogen-bond acceptors (Lipinski definition) is 3. The van der Waals surface area contributed by atoms with E-state index in [1.165, 1.54) is 6.07 Å². The molecule has 0 radical (unpaired) electrons. The summed E-state index contributed by atoms with van der Waals surface area (Å²) >= 11 is 0. The third-order valence-electron chi connectivity index (χ3n) is 4.76. The van der Waals surface area contributed by atoms with E-state index in [-0.39, 0.29) is 24.3 Å². The molecular weight excluding hydrogens is 281 g/mol. The van der Waals surface area contributed by atoms with Crippen molar-refractivity contribution in [2.45, 2.75) is 31.7 Å². The smallest absolute Gasteiger partial charge is 0.393 e. The molecule has 6 heteroatoms. The Kier molecular flexibility index (Phi) is 3.61. The van der Waals surface area contributed by atoms with E-state index in [0.717, 1.165) is 18.9 Å². The number of rotatable bonds is 2. The van der Waals surface area contributed by atoms with Gasteiger partial charge in [0, 0.05) is 31.2 Å². The normalized spacial score (nSPS) is 29.0. The third kappa shape index (κ3) is 2.62. The van der Waals surface area contributed by atoms with Crippen LogP contribution in [0.3, 0.4) is 0 Å². The van der Waals surface area contributed by atoms with Crippen molar-refractivity contribution < 1.29 is 18.3 Å². The number of aliphatic hydroxyl groups excluding tert-OH is 1. The van der Waals surface area contributed by atoms with E-state index in [0.29, 0.717) is 24.6 Å². The predicted molar refractivity (Wildman–Crippen MR) is 73.8 cm³/mol. The monoisotopic (exact) mass is 300 g/mol. The maximum Gasteiger partial charge on any atom is 0.418 e. The summed E-state index contributed by atoms with van der Waals surface area (Å²) in [5, 5.41) is 9.91. The summed E-state index contributed by atoms with van der Waals surface area (Å²) in [4.78, 5) is 1.76. The van der Waals surface area contributed by atoms with Gasteiger partial charge in [-0.3, -0.25) is 0 Å². The van der Waals surface area contributed by atoms with Crippen molar-refractivity contribution in [3.05, 3.63) is 29.3 Å². The van der Waals surface area contributed by atoms with Gasteiger partial charge in [0.05, 0.1) is 11.7 Å². The van der Waals surface area contributed by atoms with Gasteiger partial charge in [-0.1, -0.05) is 6.07 Å². The lowest BCUT2D eigenvalue weighted by Gasteiger charge is -2.25. The summed E-state index contributed by atoms with van der Waals surface area (Å²) in [6, 6.07) is 4.30. The zero-order chi connectivity index (χ0) is 15.2. The second-order valence-electron chi connectivity index (χ2n) is 6.03. The first-order valence-corrected chi connectivity index (χ1v) is 7.23. The first-order valence-electron chi connectivity index (χ1n) is 7.23. The van der Waals surface area contributed by atoms with E-state index in [9.17, 15) is 18.3 Å². The van der Waals surface area contributed by atoms with Gasteiger partial charge < -0.3 is 15.7 Å². The zero-order valence-electron chi connectivity index (χ0n) is 11.6. The van der Waals surface area contributed by atoms with Crippen molar-refractivity contribution in [2.24, 2.45) is 17.6 Å². The number of anilines is 1. The second kappa shape index (κ2) is 5.18. The Morgan fingerprint density at radius 1 is 1.24 bits per heavy atom. The van der Waals surface area contributed by atoms with Gasteiger partial charge in [0.1, 0.15) is 0 Å². The number of nitrogens with two attached hydrogens (primary N) is 1. The molecule has 3 rings (SSSR count). The first kappa shape index (κ1) is 14.7. The highest BCUT2D eigenvalue weighted by Crippen LogP contribution is 2.43. The van der Waals surface area contributed by atoms with Crippen LogP contribution in [0.1, 0.15) is 24.0 Å². The largest absolute Gasteiger partial charge is 0.418 e. The molecule has 1 aromatic rings. The van der Waals surface area contributed by atoms with Crippen LogP contribution in [-0.4, -0.2) is 24.3 Å². The molecule has 3 N–H and O–H groups in total. The molecule has 0 spiro atoms. The summed E-state index contributed by atoms with van der Waals surface area (Å²) in [5.41, 5.74) is 5.51. The minimum absolute atomic E-state index is 0.0906. The number of nitrogens with zero attached hydrogens (tertiary/aromatic N) is 1. The number of aliphatic hydroxyl groups is 1. The van der Waals surface area contributed by atoms with E-state index < -0.39 is 11.7 Å². The van der Waals surface area contributed by atoms with Gasteiger partial charge in [-0.25, -0.2) is 0 Å². The lowest BCUT2D eigenvalue weighted by molar-refractivity contribution is -0.137. The van der Waals surface area contributed by atoms with E-state index in [1.54, 1.807) is 11.0 Å². The van der Waals surface area contributed by atoms with Crippen molar-refractivity contribution >= 4 is 5.69 Å². The summed E-state index contributed by atoms with van der Waals surface area (Å²) < 4.78 is 39.8. The molecule has 0 amide bonds. The zero-order valence-corrected chi connectivity index (χ0v) is 11.6. The van der Waals surface area contributed by atoms with Crippen LogP contribution in [0.15, 0.2) is 18.2 Å². The standard InChI is InChI=1S/C15H19F3N2O/c16-15(17,18)12-5-9(6-19)1-3-13(12)20-7-10-2-4-14(21)11(10)8-20/h1,3,5,10-11,14,21H,2,4,6-8,19H2. The molecule has 3 nitrogen and oxygen atoms in total. The molecule has 0 aromatic heterocycles. The Labute approximate surface area is 121 Å². The summed E-state index contributed by atoms with van der Waals surface area (Å²) in [6.07, 6.45) is -3.11. The number of alkyl halides is 3. The van der Waals surface area contributed by atoms with E-state index in [1.807, 2.05) is 0 Å². The van der Waals surface area contributed by atoms with Crippen molar-refractivity contribution in [2.75, 3.05) is 18.0 Å². The topological polar surface area (TPSA) is 49.5 Å². The minimum Gasteiger partial charge on any atom is -0.393 e. The average molecular weight is 300 g/mol. The third-order valence-corrected chi connectivity index (χ3v) is 4.76. The Bertz CT molecular complexity index is 532. The molecule has 1 aliphatic heterocycles. The second-order valence-corrected chi connectivity index (χ2v) is 6.03. The molecule has 1 saturated carbocycles. The summed E-state index contributed by atoms with van der Waals surface area (Å²) in [6.45, 7) is 1.18. The van der Waals surface area contributed by atoms with E-state index in [2.05, 4.69) is 0 Å². The van der Waals surface area contributed by atoms with Crippen LogP contribution >= 0.6 is 0 Å². The number of fused-ring (bicyclic) bond motifs is 1. The summed E-state index contributed by atoms with van der Waals surface area (Å²) in [5.74, 6) is 0.399. The molecule has 3 unspecified atom stereocenters. The fourth-order valence-electron chi connectivity index (χ4n) is 3.65. The van der Waals surface area contributed by atoms with Gasteiger partial charge in [-0.2, -0.15) is 13.2 Å². The van der Waals surface area contributed by atoms with Crippen molar-refractivity contribution in [1.82, 2.24) is 0 Å². The highest BCUT2D eigenvalue weighted by Gasteiger charge is 2.44. The molecule has 3 atom stereocenters. The molecular formula is C15H19F3N2O. The first-order chi connectivity index (χ1) is 9.90. The molecule has 2 aliphatic rings. The quantitative estimate of drug-likeness (QED) is 0.881. The molecule has 1 saturated heterocycles. The van der Waals surface area contributed by atoms with Crippen LogP contribution in [0.25, 0.3) is 0 Å². The fourth-order valence-corrected chi connectivity index (χ4v) is 3.65. The van der Waals surface area contributed by atoms with Crippen molar-refractivity contribution in [3.8, 4) is 0 Å². The van der Waals surface area contributed by atoms with Gasteiger partial charge in [0.15, 0.2) is 0 Å².